The molecule has 0 unspecified atom stereocenters. The number of hydrogen-bond acceptors (Lipinski definition) is 0. The molecule has 0 rings (SSSR count). The molecule has 0 nitrogen and oxygen atoms in total. The van der Waals surface area contributed by atoms with Gasteiger partial charge in [0.25, 0.3) is 0 Å². The second-order valence-corrected chi connectivity index (χ2v) is 1.71. The van der Waals surface area contributed by atoms with Gasteiger partial charge < -0.3 is 0 Å². The summed E-state index contributed by atoms with van der Waals surface area (Å²) < 4.78 is 0. The molecule has 0 aromatic heterocycles. The van der Waals surface area contributed by atoms with Crippen LogP contribution < -0.4 is 0 Å². The minimum Gasteiger partial charge on any atom is -0.106 e. The molecular weight excluding hydrogens is 96.1 g/mol. The van der Waals surface area contributed by atoms with E-state index in [1.165, 1.54) is 5.57 Å². The molecule has 0 aromatic rings. The third-order valence-corrected chi connectivity index (χ3v) is 1.02. The molecule has 0 aromatic carbocycles. The minimum absolute atomic E-state index is 0.868. The first kappa shape index (κ1) is 7.30. The van der Waals surface area contributed by atoms with Crippen molar-refractivity contribution in [2.45, 2.75) is 26.7 Å². The third kappa shape index (κ3) is 3.49. The van der Waals surface area contributed by atoms with Crippen molar-refractivity contribution in [3.8, 4) is 11.8 Å². The zero-order chi connectivity index (χ0) is 6.41. The fraction of sp³-hybridized carbons (Fsp3) is 0.500. The largest absolute Gasteiger partial charge is 0.106 e. The number of rotatable bonds is 2. The molecule has 0 N–H and O–H groups in total. The Balaban J connectivity index is 3.35. The maximum Gasteiger partial charge on any atom is 0.0296 e. The summed E-state index contributed by atoms with van der Waals surface area (Å²) in [5.41, 5.74) is 1.22. The molecular formula is C8H12. The SMILES string of the molecule is C=C(CC)CC#CC. The molecule has 0 radical (unpaired) electrons. The number of allylic oxidation sites excluding steroid dienone is 1. The van der Waals surface area contributed by atoms with E-state index in [4.69, 9.17) is 0 Å². The second-order valence-electron chi connectivity index (χ2n) is 1.71. The van der Waals surface area contributed by atoms with Crippen LogP contribution in [0, 0.1) is 11.8 Å². The summed E-state index contributed by atoms with van der Waals surface area (Å²) in [5.74, 6) is 5.77. The molecule has 0 fully saturated rings. The van der Waals surface area contributed by atoms with Gasteiger partial charge in [0.1, 0.15) is 0 Å². The van der Waals surface area contributed by atoms with Gasteiger partial charge in [-0.3, -0.25) is 0 Å². The van der Waals surface area contributed by atoms with Crippen LogP contribution in [0.4, 0.5) is 0 Å². The summed E-state index contributed by atoms with van der Waals surface area (Å²) in [4.78, 5) is 0. The molecule has 8 heavy (non-hydrogen) atoms. The average molecular weight is 108 g/mol. The molecule has 0 atom stereocenters. The standard InChI is InChI=1S/C8H12/c1-4-6-7-8(3)5-2/h3,5,7H2,1-2H3. The monoisotopic (exact) mass is 108 g/mol. The van der Waals surface area contributed by atoms with E-state index in [-0.39, 0.29) is 0 Å². The summed E-state index contributed by atoms with van der Waals surface area (Å²) in [6.45, 7) is 7.76. The Labute approximate surface area is 51.6 Å². The molecule has 44 valence electrons. The van der Waals surface area contributed by atoms with Crippen LogP contribution in [0.2, 0.25) is 0 Å². The highest BCUT2D eigenvalue weighted by molar-refractivity contribution is 5.08. The molecule has 0 aliphatic heterocycles. The van der Waals surface area contributed by atoms with Crippen molar-refractivity contribution >= 4 is 0 Å². The molecule has 0 spiro atoms. The third-order valence-electron chi connectivity index (χ3n) is 1.02. The van der Waals surface area contributed by atoms with Gasteiger partial charge in [-0.25, -0.2) is 0 Å². The molecule has 0 aliphatic rings. The van der Waals surface area contributed by atoms with Crippen molar-refractivity contribution in [3.05, 3.63) is 12.2 Å². The quantitative estimate of drug-likeness (QED) is 0.376. The van der Waals surface area contributed by atoms with Crippen molar-refractivity contribution in [2.75, 3.05) is 0 Å². The van der Waals surface area contributed by atoms with Gasteiger partial charge in [0.15, 0.2) is 0 Å². The maximum atomic E-state index is 3.81. The van der Waals surface area contributed by atoms with Crippen LogP contribution in [0.25, 0.3) is 0 Å². The highest BCUT2D eigenvalue weighted by atomic mass is 13.9. The van der Waals surface area contributed by atoms with Gasteiger partial charge in [0.2, 0.25) is 0 Å². The first-order valence-corrected chi connectivity index (χ1v) is 2.87. The Bertz CT molecular complexity index is 121. The van der Waals surface area contributed by atoms with E-state index in [0.717, 1.165) is 12.8 Å². The van der Waals surface area contributed by atoms with Crippen molar-refractivity contribution < 1.29 is 0 Å². The van der Waals surface area contributed by atoms with Crippen LogP contribution in [0.5, 0.6) is 0 Å². The van der Waals surface area contributed by atoms with Crippen LogP contribution in [-0.2, 0) is 0 Å². The highest BCUT2D eigenvalue weighted by Crippen LogP contribution is 1.99. The van der Waals surface area contributed by atoms with E-state index in [9.17, 15) is 0 Å². The molecule has 0 aliphatic carbocycles. The predicted molar refractivity (Wildman–Crippen MR) is 37.5 cm³/mol. The van der Waals surface area contributed by atoms with Crippen LogP contribution in [0.1, 0.15) is 26.7 Å². The van der Waals surface area contributed by atoms with Gasteiger partial charge in [-0.15, -0.1) is 5.92 Å². The lowest BCUT2D eigenvalue weighted by atomic mass is 10.2. The molecule has 0 heteroatoms. The van der Waals surface area contributed by atoms with Crippen molar-refractivity contribution in [1.82, 2.24) is 0 Å². The van der Waals surface area contributed by atoms with Crippen LogP contribution in [0.15, 0.2) is 12.2 Å². The van der Waals surface area contributed by atoms with E-state index < -0.39 is 0 Å². The van der Waals surface area contributed by atoms with Crippen molar-refractivity contribution in [1.29, 1.82) is 0 Å². The zero-order valence-corrected chi connectivity index (χ0v) is 5.62. The van der Waals surface area contributed by atoms with Gasteiger partial charge in [0, 0.05) is 6.42 Å². The summed E-state index contributed by atoms with van der Waals surface area (Å²) in [6, 6.07) is 0. The van der Waals surface area contributed by atoms with E-state index in [2.05, 4.69) is 25.3 Å². The second kappa shape index (κ2) is 4.46. The fourth-order valence-corrected chi connectivity index (χ4v) is 0.338. The summed E-state index contributed by atoms with van der Waals surface area (Å²) in [6.07, 6.45) is 1.92. The van der Waals surface area contributed by atoms with E-state index >= 15 is 0 Å². The summed E-state index contributed by atoms with van der Waals surface area (Å²) >= 11 is 0. The first-order chi connectivity index (χ1) is 3.81. The molecule has 0 heterocycles. The normalized spacial score (nSPS) is 7.25. The Morgan fingerprint density at radius 2 is 2.25 bits per heavy atom. The Morgan fingerprint density at radius 1 is 1.62 bits per heavy atom. The summed E-state index contributed by atoms with van der Waals surface area (Å²) in [7, 11) is 0. The Kier molecular flexibility index (Phi) is 4.07. The van der Waals surface area contributed by atoms with Gasteiger partial charge >= 0.3 is 0 Å². The van der Waals surface area contributed by atoms with Crippen molar-refractivity contribution in [3.63, 3.8) is 0 Å². The van der Waals surface area contributed by atoms with Crippen LogP contribution >= 0.6 is 0 Å². The predicted octanol–water partition coefficient (Wildman–Crippen LogP) is 2.37. The summed E-state index contributed by atoms with van der Waals surface area (Å²) in [5, 5.41) is 0. The lowest BCUT2D eigenvalue weighted by molar-refractivity contribution is 1.06. The topological polar surface area (TPSA) is 0 Å². The first-order valence-electron chi connectivity index (χ1n) is 2.87. The zero-order valence-electron chi connectivity index (χ0n) is 5.62. The van der Waals surface area contributed by atoms with Gasteiger partial charge in [-0.2, -0.15) is 0 Å². The molecule has 0 bridgehead atoms. The van der Waals surface area contributed by atoms with Crippen molar-refractivity contribution in [2.24, 2.45) is 0 Å². The Hall–Kier alpha value is -0.700. The molecule has 0 amide bonds. The lowest BCUT2D eigenvalue weighted by Crippen LogP contribution is -1.72. The Morgan fingerprint density at radius 3 is 2.62 bits per heavy atom. The van der Waals surface area contributed by atoms with E-state index in [1.807, 2.05) is 6.92 Å². The highest BCUT2D eigenvalue weighted by Gasteiger charge is 1.81. The lowest BCUT2D eigenvalue weighted by Gasteiger charge is -1.89. The van der Waals surface area contributed by atoms with Gasteiger partial charge in [-0.1, -0.05) is 25.0 Å². The van der Waals surface area contributed by atoms with Gasteiger partial charge in [-0.05, 0) is 13.3 Å². The van der Waals surface area contributed by atoms with E-state index in [1.54, 1.807) is 0 Å². The maximum absolute atomic E-state index is 3.81. The average Bonchev–Trinajstić information content (AvgIpc) is 1.83. The fourth-order valence-electron chi connectivity index (χ4n) is 0.338. The van der Waals surface area contributed by atoms with Crippen LogP contribution in [-0.4, -0.2) is 0 Å². The van der Waals surface area contributed by atoms with E-state index in [0.29, 0.717) is 0 Å². The molecule has 0 saturated carbocycles. The minimum atomic E-state index is 0.868. The molecule has 0 saturated heterocycles. The van der Waals surface area contributed by atoms with Crippen LogP contribution in [0.3, 0.4) is 0 Å². The smallest absolute Gasteiger partial charge is 0.0296 e. The number of hydrogen-bond donors (Lipinski definition) is 0. The van der Waals surface area contributed by atoms with Gasteiger partial charge in [0.05, 0.1) is 0 Å².